The van der Waals surface area contributed by atoms with Gasteiger partial charge in [0, 0.05) is 37.3 Å². The van der Waals surface area contributed by atoms with Crippen LogP contribution in [0.1, 0.15) is 31.9 Å². The fourth-order valence-corrected chi connectivity index (χ4v) is 2.80. The minimum Gasteiger partial charge on any atom is -0.508 e. The lowest BCUT2D eigenvalue weighted by Gasteiger charge is -2.42. The van der Waals surface area contributed by atoms with E-state index >= 15 is 0 Å². The van der Waals surface area contributed by atoms with Gasteiger partial charge in [-0.25, -0.2) is 0 Å². The number of hydrogen-bond donors (Lipinski definition) is 1. The SMILES string of the molecule is CCC1CN(C(C)c2ccccc2O)CCN1C. The maximum atomic E-state index is 9.95. The molecule has 1 heterocycles. The molecule has 0 aromatic heterocycles. The zero-order chi connectivity index (χ0) is 13.1. The topological polar surface area (TPSA) is 26.7 Å². The lowest BCUT2D eigenvalue weighted by molar-refractivity contribution is 0.0667. The van der Waals surface area contributed by atoms with Crippen LogP contribution in [0, 0.1) is 0 Å². The summed E-state index contributed by atoms with van der Waals surface area (Å²) < 4.78 is 0. The van der Waals surface area contributed by atoms with Crippen LogP contribution in [-0.4, -0.2) is 47.6 Å². The highest BCUT2D eigenvalue weighted by Crippen LogP contribution is 2.29. The third-order valence-electron chi connectivity index (χ3n) is 4.21. The summed E-state index contributed by atoms with van der Waals surface area (Å²) in [5.41, 5.74) is 1.04. The van der Waals surface area contributed by atoms with E-state index in [9.17, 15) is 5.11 Å². The molecule has 1 aliphatic rings. The highest BCUT2D eigenvalue weighted by atomic mass is 16.3. The number of para-hydroxylation sites is 1. The molecule has 0 aliphatic carbocycles. The summed E-state index contributed by atoms with van der Waals surface area (Å²) in [6.45, 7) is 7.70. The van der Waals surface area contributed by atoms with E-state index in [1.54, 1.807) is 6.07 Å². The van der Waals surface area contributed by atoms with Gasteiger partial charge in [-0.1, -0.05) is 25.1 Å². The van der Waals surface area contributed by atoms with E-state index in [1.165, 1.54) is 6.42 Å². The molecule has 1 aromatic carbocycles. The van der Waals surface area contributed by atoms with Crippen LogP contribution in [-0.2, 0) is 0 Å². The average Bonchev–Trinajstić information content (AvgIpc) is 2.39. The first kappa shape index (κ1) is 13.4. The smallest absolute Gasteiger partial charge is 0.120 e. The molecule has 1 aliphatic heterocycles. The molecule has 3 nitrogen and oxygen atoms in total. The van der Waals surface area contributed by atoms with Gasteiger partial charge in [0.15, 0.2) is 0 Å². The van der Waals surface area contributed by atoms with Crippen molar-refractivity contribution in [2.45, 2.75) is 32.4 Å². The van der Waals surface area contributed by atoms with Gasteiger partial charge >= 0.3 is 0 Å². The van der Waals surface area contributed by atoms with Crippen LogP contribution in [0.5, 0.6) is 5.75 Å². The van der Waals surface area contributed by atoms with Crippen molar-refractivity contribution in [2.24, 2.45) is 0 Å². The molecule has 100 valence electrons. The van der Waals surface area contributed by atoms with E-state index in [1.807, 2.05) is 18.2 Å². The van der Waals surface area contributed by atoms with Crippen LogP contribution in [0.4, 0.5) is 0 Å². The van der Waals surface area contributed by atoms with Crippen LogP contribution >= 0.6 is 0 Å². The van der Waals surface area contributed by atoms with Gasteiger partial charge in [-0.3, -0.25) is 4.90 Å². The molecule has 0 saturated carbocycles. The van der Waals surface area contributed by atoms with Crippen LogP contribution < -0.4 is 0 Å². The zero-order valence-electron chi connectivity index (χ0n) is 11.6. The van der Waals surface area contributed by atoms with E-state index in [2.05, 4.69) is 30.7 Å². The lowest BCUT2D eigenvalue weighted by atomic mass is 10.0. The second kappa shape index (κ2) is 5.72. The molecule has 1 aromatic rings. The fraction of sp³-hybridized carbons (Fsp3) is 0.600. The Morgan fingerprint density at radius 3 is 2.72 bits per heavy atom. The second-order valence-corrected chi connectivity index (χ2v) is 5.27. The second-order valence-electron chi connectivity index (χ2n) is 5.27. The van der Waals surface area contributed by atoms with Crippen molar-refractivity contribution in [3.8, 4) is 5.75 Å². The summed E-state index contributed by atoms with van der Waals surface area (Å²) in [6, 6.07) is 8.60. The Balaban J connectivity index is 2.10. The normalized spacial score (nSPS) is 24.1. The minimum absolute atomic E-state index is 0.286. The highest BCUT2D eigenvalue weighted by Gasteiger charge is 2.27. The molecule has 2 atom stereocenters. The summed E-state index contributed by atoms with van der Waals surface area (Å²) in [5, 5.41) is 9.95. The quantitative estimate of drug-likeness (QED) is 0.890. The first-order valence-corrected chi connectivity index (χ1v) is 6.85. The number of benzene rings is 1. The monoisotopic (exact) mass is 248 g/mol. The molecule has 0 radical (unpaired) electrons. The number of phenols is 1. The third-order valence-corrected chi connectivity index (χ3v) is 4.21. The molecular formula is C15H24N2O. The molecule has 3 heteroatoms. The number of piperazine rings is 1. The number of likely N-dealkylation sites (N-methyl/N-ethyl adjacent to an activating group) is 1. The fourth-order valence-electron chi connectivity index (χ4n) is 2.80. The van der Waals surface area contributed by atoms with Gasteiger partial charge in [-0.05, 0) is 26.5 Å². The minimum atomic E-state index is 0.286. The molecule has 0 bridgehead atoms. The Hall–Kier alpha value is -1.06. The Morgan fingerprint density at radius 2 is 2.06 bits per heavy atom. The van der Waals surface area contributed by atoms with E-state index in [-0.39, 0.29) is 6.04 Å². The summed E-state index contributed by atoms with van der Waals surface area (Å²) in [5.74, 6) is 0.414. The predicted octanol–water partition coefficient (Wildman–Crippen LogP) is 2.48. The predicted molar refractivity (Wildman–Crippen MR) is 74.8 cm³/mol. The van der Waals surface area contributed by atoms with Gasteiger partial charge in [0.2, 0.25) is 0 Å². The van der Waals surface area contributed by atoms with Crippen molar-refractivity contribution in [3.05, 3.63) is 29.8 Å². The number of rotatable bonds is 3. The summed E-state index contributed by atoms with van der Waals surface area (Å²) >= 11 is 0. The number of phenolic OH excluding ortho intramolecular Hbond substituents is 1. The van der Waals surface area contributed by atoms with Gasteiger partial charge in [0.1, 0.15) is 5.75 Å². The molecule has 2 rings (SSSR count). The third kappa shape index (κ3) is 2.68. The lowest BCUT2D eigenvalue weighted by Crippen LogP contribution is -2.51. The van der Waals surface area contributed by atoms with Crippen LogP contribution in [0.2, 0.25) is 0 Å². The van der Waals surface area contributed by atoms with Gasteiger partial charge in [0.25, 0.3) is 0 Å². The standard InChI is InChI=1S/C15H24N2O/c1-4-13-11-17(10-9-16(13)3)12(2)14-7-5-6-8-15(14)18/h5-8,12-13,18H,4,9-11H2,1-3H3. The largest absolute Gasteiger partial charge is 0.508 e. The molecule has 1 N–H and O–H groups in total. The average molecular weight is 248 g/mol. The number of aromatic hydroxyl groups is 1. The zero-order valence-corrected chi connectivity index (χ0v) is 11.6. The highest BCUT2D eigenvalue weighted by molar-refractivity contribution is 5.34. The molecule has 18 heavy (non-hydrogen) atoms. The van der Waals surface area contributed by atoms with E-state index in [0.717, 1.165) is 25.2 Å². The molecule has 1 saturated heterocycles. The Morgan fingerprint density at radius 1 is 1.33 bits per heavy atom. The van der Waals surface area contributed by atoms with Crippen LogP contribution in [0.15, 0.2) is 24.3 Å². The number of hydrogen-bond acceptors (Lipinski definition) is 3. The van der Waals surface area contributed by atoms with Crippen molar-refractivity contribution in [2.75, 3.05) is 26.7 Å². The maximum Gasteiger partial charge on any atom is 0.120 e. The van der Waals surface area contributed by atoms with Crippen molar-refractivity contribution >= 4 is 0 Å². The Kier molecular flexibility index (Phi) is 4.25. The van der Waals surface area contributed by atoms with Crippen molar-refractivity contribution in [1.29, 1.82) is 0 Å². The van der Waals surface area contributed by atoms with Crippen molar-refractivity contribution in [3.63, 3.8) is 0 Å². The van der Waals surface area contributed by atoms with Gasteiger partial charge in [-0.2, -0.15) is 0 Å². The van der Waals surface area contributed by atoms with Gasteiger partial charge in [-0.15, -0.1) is 0 Å². The Bertz CT molecular complexity index is 394. The molecular weight excluding hydrogens is 224 g/mol. The Labute approximate surface area is 110 Å². The summed E-state index contributed by atoms with van der Waals surface area (Å²) in [7, 11) is 2.20. The van der Waals surface area contributed by atoms with Crippen molar-refractivity contribution < 1.29 is 5.11 Å². The van der Waals surface area contributed by atoms with E-state index in [4.69, 9.17) is 0 Å². The molecule has 0 amide bonds. The molecule has 2 unspecified atom stereocenters. The van der Waals surface area contributed by atoms with Crippen molar-refractivity contribution in [1.82, 2.24) is 9.80 Å². The first-order valence-electron chi connectivity index (χ1n) is 6.85. The number of nitrogens with zero attached hydrogens (tertiary/aromatic N) is 2. The molecule has 1 fully saturated rings. The van der Waals surface area contributed by atoms with Gasteiger partial charge in [0.05, 0.1) is 0 Å². The van der Waals surface area contributed by atoms with Crippen LogP contribution in [0.3, 0.4) is 0 Å². The van der Waals surface area contributed by atoms with E-state index in [0.29, 0.717) is 11.8 Å². The molecule has 0 spiro atoms. The summed E-state index contributed by atoms with van der Waals surface area (Å²) in [4.78, 5) is 4.91. The maximum absolute atomic E-state index is 9.95. The first-order chi connectivity index (χ1) is 8.63. The van der Waals surface area contributed by atoms with E-state index < -0.39 is 0 Å². The van der Waals surface area contributed by atoms with Crippen LogP contribution in [0.25, 0.3) is 0 Å². The van der Waals surface area contributed by atoms with Gasteiger partial charge < -0.3 is 10.0 Å². The summed E-state index contributed by atoms with van der Waals surface area (Å²) in [6.07, 6.45) is 1.18.